The molecular weight excluding hydrogens is 330 g/mol. The molecule has 0 radical (unpaired) electrons. The molecule has 2 heterocycles. The molecule has 26 heavy (non-hydrogen) atoms. The van der Waals surface area contributed by atoms with Crippen molar-refractivity contribution in [2.75, 3.05) is 33.2 Å². The fraction of sp³-hybridized carbons (Fsp3) is 0.842. The molecule has 1 N–H and O–H groups in total. The van der Waals surface area contributed by atoms with Crippen LogP contribution in [0.4, 0.5) is 0 Å². The zero-order valence-electron chi connectivity index (χ0n) is 16.2. The summed E-state index contributed by atoms with van der Waals surface area (Å²) >= 11 is 0. The van der Waals surface area contributed by atoms with Crippen LogP contribution in [0.25, 0.3) is 0 Å². The number of carbonyl (C=O) groups excluding carboxylic acids is 1. The Bertz CT molecular complexity index is 562. The Labute approximate surface area is 156 Å². The number of hydrogen-bond acceptors (Lipinski definition) is 6. The predicted molar refractivity (Wildman–Crippen MR) is 99.7 cm³/mol. The Morgan fingerprint density at radius 2 is 1.96 bits per heavy atom. The van der Waals surface area contributed by atoms with Crippen molar-refractivity contribution < 1.29 is 9.32 Å². The zero-order chi connectivity index (χ0) is 18.4. The van der Waals surface area contributed by atoms with E-state index in [-0.39, 0.29) is 5.91 Å². The lowest BCUT2D eigenvalue weighted by Crippen LogP contribution is -2.48. The maximum atomic E-state index is 12.1. The summed E-state index contributed by atoms with van der Waals surface area (Å²) in [6.45, 7) is 6.94. The maximum absolute atomic E-state index is 12.1. The molecule has 2 aliphatic rings. The molecule has 1 saturated carbocycles. The summed E-state index contributed by atoms with van der Waals surface area (Å²) < 4.78 is 5.31. The van der Waals surface area contributed by atoms with Crippen LogP contribution in [0.15, 0.2) is 4.52 Å². The van der Waals surface area contributed by atoms with E-state index in [4.69, 9.17) is 4.52 Å². The van der Waals surface area contributed by atoms with Crippen molar-refractivity contribution >= 4 is 5.91 Å². The zero-order valence-corrected chi connectivity index (χ0v) is 16.2. The summed E-state index contributed by atoms with van der Waals surface area (Å²) in [7, 11) is 2.16. The molecule has 7 heteroatoms. The standard InChI is InChI=1S/C19H33N5O2/c1-15(24-12-10-23(2)11-13-24)8-9-17(25)20-14-18-21-19(22-26-18)16-6-4-3-5-7-16/h15-16H,3-14H2,1-2H3,(H,20,25). The molecule has 1 aliphatic carbocycles. The molecule has 7 nitrogen and oxygen atoms in total. The third-order valence-electron chi connectivity index (χ3n) is 5.84. The Kier molecular flexibility index (Phi) is 7.02. The van der Waals surface area contributed by atoms with Gasteiger partial charge >= 0.3 is 0 Å². The highest BCUT2D eigenvalue weighted by molar-refractivity contribution is 5.75. The van der Waals surface area contributed by atoms with Gasteiger partial charge in [0.25, 0.3) is 0 Å². The number of nitrogens with one attached hydrogen (secondary N) is 1. The van der Waals surface area contributed by atoms with Crippen molar-refractivity contribution in [3.05, 3.63) is 11.7 Å². The molecule has 0 spiro atoms. The first-order valence-electron chi connectivity index (χ1n) is 10.1. The lowest BCUT2D eigenvalue weighted by Gasteiger charge is -2.36. The van der Waals surface area contributed by atoms with Gasteiger partial charge in [0.15, 0.2) is 5.82 Å². The first-order valence-corrected chi connectivity index (χ1v) is 10.1. The Balaban J connectivity index is 1.35. The smallest absolute Gasteiger partial charge is 0.246 e. The molecule has 2 fully saturated rings. The summed E-state index contributed by atoms with van der Waals surface area (Å²) in [5.74, 6) is 1.83. The number of aromatic nitrogens is 2. The fourth-order valence-corrected chi connectivity index (χ4v) is 3.91. The van der Waals surface area contributed by atoms with Crippen LogP contribution in [0.5, 0.6) is 0 Å². The van der Waals surface area contributed by atoms with E-state index in [1.807, 2.05) is 0 Å². The lowest BCUT2D eigenvalue weighted by molar-refractivity contribution is -0.121. The van der Waals surface area contributed by atoms with E-state index in [0.29, 0.717) is 30.8 Å². The molecule has 1 saturated heterocycles. The summed E-state index contributed by atoms with van der Waals surface area (Å²) in [6, 6.07) is 0.441. The molecule has 1 aromatic rings. The van der Waals surface area contributed by atoms with E-state index in [0.717, 1.165) is 51.3 Å². The van der Waals surface area contributed by atoms with E-state index in [2.05, 4.69) is 39.2 Å². The van der Waals surface area contributed by atoms with Gasteiger partial charge in [0.05, 0.1) is 6.54 Å². The normalized spacial score (nSPS) is 21.6. The van der Waals surface area contributed by atoms with E-state index in [9.17, 15) is 4.79 Å². The molecular formula is C19H33N5O2. The number of amides is 1. The van der Waals surface area contributed by atoms with Crippen LogP contribution in [0.3, 0.4) is 0 Å². The number of nitrogens with zero attached hydrogens (tertiary/aromatic N) is 4. The number of likely N-dealkylation sites (N-methyl/N-ethyl adjacent to an activating group) is 1. The first kappa shape index (κ1) is 19.3. The number of piperazine rings is 1. The topological polar surface area (TPSA) is 74.5 Å². The van der Waals surface area contributed by atoms with Gasteiger partial charge in [-0.3, -0.25) is 9.69 Å². The second-order valence-corrected chi connectivity index (χ2v) is 7.88. The number of carbonyl (C=O) groups is 1. The number of hydrogen-bond donors (Lipinski definition) is 1. The third kappa shape index (κ3) is 5.51. The second-order valence-electron chi connectivity index (χ2n) is 7.88. The average molecular weight is 364 g/mol. The molecule has 3 rings (SSSR count). The van der Waals surface area contributed by atoms with Gasteiger partial charge in [-0.1, -0.05) is 24.4 Å². The van der Waals surface area contributed by atoms with Gasteiger partial charge in [-0.05, 0) is 33.2 Å². The highest BCUT2D eigenvalue weighted by atomic mass is 16.5. The summed E-state index contributed by atoms with van der Waals surface area (Å²) in [5.41, 5.74) is 0. The monoisotopic (exact) mass is 363 g/mol. The molecule has 146 valence electrons. The fourth-order valence-electron chi connectivity index (χ4n) is 3.91. The van der Waals surface area contributed by atoms with Gasteiger partial charge in [-0.15, -0.1) is 0 Å². The minimum absolute atomic E-state index is 0.0587. The van der Waals surface area contributed by atoms with E-state index in [1.54, 1.807) is 0 Å². The van der Waals surface area contributed by atoms with Gasteiger partial charge in [-0.25, -0.2) is 0 Å². The van der Waals surface area contributed by atoms with E-state index in [1.165, 1.54) is 19.3 Å². The summed E-state index contributed by atoms with van der Waals surface area (Å²) in [5, 5.41) is 7.03. The van der Waals surface area contributed by atoms with Crippen LogP contribution < -0.4 is 5.32 Å². The molecule has 1 atom stereocenters. The molecule has 0 bridgehead atoms. The van der Waals surface area contributed by atoms with Crippen molar-refractivity contribution in [1.29, 1.82) is 0 Å². The molecule has 1 unspecified atom stereocenters. The van der Waals surface area contributed by atoms with Gasteiger partial charge in [0, 0.05) is 44.6 Å². The average Bonchev–Trinajstić information content (AvgIpc) is 3.15. The largest absolute Gasteiger partial charge is 0.347 e. The quantitative estimate of drug-likeness (QED) is 0.800. The number of rotatable bonds is 7. The Hall–Kier alpha value is -1.47. The molecule has 1 aliphatic heterocycles. The van der Waals surface area contributed by atoms with Crippen molar-refractivity contribution in [3.8, 4) is 0 Å². The van der Waals surface area contributed by atoms with Crippen molar-refractivity contribution in [2.45, 2.75) is 70.4 Å². The van der Waals surface area contributed by atoms with Crippen LogP contribution >= 0.6 is 0 Å². The van der Waals surface area contributed by atoms with Gasteiger partial charge in [0.1, 0.15) is 0 Å². The minimum atomic E-state index is 0.0587. The van der Waals surface area contributed by atoms with Crippen LogP contribution in [-0.4, -0.2) is 65.1 Å². The van der Waals surface area contributed by atoms with Crippen LogP contribution in [0.2, 0.25) is 0 Å². The van der Waals surface area contributed by atoms with Crippen LogP contribution in [0, 0.1) is 0 Å². The Morgan fingerprint density at radius 1 is 1.23 bits per heavy atom. The maximum Gasteiger partial charge on any atom is 0.246 e. The van der Waals surface area contributed by atoms with Gasteiger partial charge < -0.3 is 14.7 Å². The molecule has 1 aromatic heterocycles. The summed E-state index contributed by atoms with van der Waals surface area (Å²) in [6.07, 6.45) is 7.52. The van der Waals surface area contributed by atoms with Crippen molar-refractivity contribution in [3.63, 3.8) is 0 Å². The summed E-state index contributed by atoms with van der Waals surface area (Å²) in [4.78, 5) is 21.4. The van der Waals surface area contributed by atoms with E-state index >= 15 is 0 Å². The minimum Gasteiger partial charge on any atom is -0.347 e. The van der Waals surface area contributed by atoms with Crippen molar-refractivity contribution in [1.82, 2.24) is 25.3 Å². The third-order valence-corrected chi connectivity index (χ3v) is 5.84. The van der Waals surface area contributed by atoms with E-state index < -0.39 is 0 Å². The van der Waals surface area contributed by atoms with Gasteiger partial charge in [0.2, 0.25) is 11.8 Å². The SMILES string of the molecule is CC(CCC(=O)NCc1nc(C2CCCCC2)no1)N1CCN(C)CC1. The highest BCUT2D eigenvalue weighted by Crippen LogP contribution is 2.30. The first-order chi connectivity index (χ1) is 12.6. The molecule has 0 aromatic carbocycles. The van der Waals surface area contributed by atoms with Crippen LogP contribution in [-0.2, 0) is 11.3 Å². The second kappa shape index (κ2) is 9.46. The predicted octanol–water partition coefficient (Wildman–Crippen LogP) is 2.15. The highest BCUT2D eigenvalue weighted by Gasteiger charge is 2.22. The van der Waals surface area contributed by atoms with Crippen LogP contribution in [0.1, 0.15) is 69.5 Å². The molecule has 1 amide bonds. The Morgan fingerprint density at radius 3 is 2.69 bits per heavy atom. The lowest BCUT2D eigenvalue weighted by atomic mass is 9.89. The van der Waals surface area contributed by atoms with Crippen molar-refractivity contribution in [2.24, 2.45) is 0 Å². The van der Waals surface area contributed by atoms with Gasteiger partial charge in [-0.2, -0.15) is 4.98 Å².